The molecule has 6 rings (SSSR count). The summed E-state index contributed by atoms with van der Waals surface area (Å²) >= 11 is 0. The van der Waals surface area contributed by atoms with Gasteiger partial charge in [-0.3, -0.25) is 14.0 Å². The van der Waals surface area contributed by atoms with Gasteiger partial charge in [0.25, 0.3) is 11.8 Å². The molecule has 3 aromatic heterocycles. The van der Waals surface area contributed by atoms with Gasteiger partial charge in [-0.25, -0.2) is 14.4 Å². The number of rotatable bonds is 5. The lowest BCUT2D eigenvalue weighted by molar-refractivity contribution is -0.125. The molecule has 2 amide bonds. The van der Waals surface area contributed by atoms with Gasteiger partial charge in [0.15, 0.2) is 0 Å². The van der Waals surface area contributed by atoms with Crippen LogP contribution in [0.15, 0.2) is 61.2 Å². The molecule has 1 saturated heterocycles. The van der Waals surface area contributed by atoms with E-state index in [-0.39, 0.29) is 17.5 Å². The zero-order chi connectivity index (χ0) is 26.2. The first-order chi connectivity index (χ1) is 18.5. The molecule has 2 fully saturated rings. The lowest BCUT2D eigenvalue weighted by Gasteiger charge is -2.22. The molecule has 8 heteroatoms. The van der Waals surface area contributed by atoms with Gasteiger partial charge in [-0.05, 0) is 92.5 Å². The average molecular weight is 508 g/mol. The SMILES string of the molecule is CC#CC(=O)N1CCCC1c1cc(-c2ccc(C(=O)Nc3cc(C4CC4)ccn3)cc2F)n2cnccc12. The summed E-state index contributed by atoms with van der Waals surface area (Å²) in [5.74, 6) is 5.18. The third-order valence-electron chi connectivity index (χ3n) is 7.29. The van der Waals surface area contributed by atoms with Gasteiger partial charge >= 0.3 is 0 Å². The molecule has 4 heterocycles. The molecule has 1 saturated carbocycles. The number of carbonyl (C=O) groups is 2. The van der Waals surface area contributed by atoms with Crippen LogP contribution < -0.4 is 5.32 Å². The van der Waals surface area contributed by atoms with Crippen molar-refractivity contribution in [1.29, 1.82) is 0 Å². The number of halogens is 1. The maximum Gasteiger partial charge on any atom is 0.298 e. The summed E-state index contributed by atoms with van der Waals surface area (Å²) in [5.41, 5.74) is 4.09. The molecule has 2 aliphatic rings. The first-order valence-electron chi connectivity index (χ1n) is 12.8. The van der Waals surface area contributed by atoms with Crippen LogP contribution in [0.1, 0.15) is 66.1 Å². The van der Waals surface area contributed by atoms with Crippen molar-refractivity contribution in [2.75, 3.05) is 11.9 Å². The fourth-order valence-electron chi connectivity index (χ4n) is 5.30. The van der Waals surface area contributed by atoms with Crippen LogP contribution in [-0.2, 0) is 4.79 Å². The highest BCUT2D eigenvalue weighted by Crippen LogP contribution is 2.41. The summed E-state index contributed by atoms with van der Waals surface area (Å²) in [7, 11) is 0. The fourth-order valence-corrected chi connectivity index (χ4v) is 5.30. The van der Waals surface area contributed by atoms with E-state index in [0.29, 0.717) is 29.5 Å². The Kier molecular flexibility index (Phi) is 6.12. The third kappa shape index (κ3) is 4.41. The van der Waals surface area contributed by atoms with E-state index in [1.807, 2.05) is 28.7 Å². The van der Waals surface area contributed by atoms with Crippen LogP contribution in [0.5, 0.6) is 0 Å². The van der Waals surface area contributed by atoms with Crippen molar-refractivity contribution in [2.24, 2.45) is 0 Å². The predicted octanol–water partition coefficient (Wildman–Crippen LogP) is 5.35. The molecular weight excluding hydrogens is 481 g/mol. The highest BCUT2D eigenvalue weighted by Gasteiger charge is 2.32. The van der Waals surface area contributed by atoms with E-state index in [2.05, 4.69) is 27.1 Å². The number of aromatic nitrogens is 3. The Morgan fingerprint density at radius 3 is 2.74 bits per heavy atom. The van der Waals surface area contributed by atoms with Crippen molar-refractivity contribution < 1.29 is 14.0 Å². The number of amides is 2. The second kappa shape index (κ2) is 9.75. The quantitative estimate of drug-likeness (QED) is 0.369. The van der Waals surface area contributed by atoms with E-state index in [9.17, 15) is 9.59 Å². The number of carbonyl (C=O) groups excluding carboxylic acids is 2. The van der Waals surface area contributed by atoms with Gasteiger partial charge in [0, 0.05) is 35.6 Å². The number of benzene rings is 1. The van der Waals surface area contributed by atoms with E-state index in [1.54, 1.807) is 42.7 Å². The number of nitrogens with one attached hydrogen (secondary N) is 1. The highest BCUT2D eigenvalue weighted by molar-refractivity contribution is 6.04. The molecule has 1 unspecified atom stereocenters. The van der Waals surface area contributed by atoms with Crippen LogP contribution in [0, 0.1) is 17.7 Å². The average Bonchev–Trinajstić information content (AvgIpc) is 3.55. The first kappa shape index (κ1) is 23.9. The van der Waals surface area contributed by atoms with Crippen molar-refractivity contribution in [3.05, 3.63) is 83.7 Å². The highest BCUT2D eigenvalue weighted by atomic mass is 19.1. The molecule has 1 atom stereocenters. The van der Waals surface area contributed by atoms with Crippen LogP contribution in [0.25, 0.3) is 16.8 Å². The monoisotopic (exact) mass is 507 g/mol. The van der Waals surface area contributed by atoms with Gasteiger partial charge < -0.3 is 10.2 Å². The zero-order valence-corrected chi connectivity index (χ0v) is 20.9. The molecule has 1 aliphatic carbocycles. The molecule has 7 nitrogen and oxygen atoms in total. The van der Waals surface area contributed by atoms with E-state index < -0.39 is 11.7 Å². The standard InChI is InChI=1S/C30H26FN5O2/c1-2-4-29(37)35-14-3-5-25(35)23-17-27(36-18-32-12-11-26(23)36)22-9-8-21(15-24(22)31)30(38)34-28-16-20(10-13-33-28)19-6-7-19/h8-13,15-19,25H,3,5-7,14H2,1H3,(H,33,34,38). The Morgan fingerprint density at radius 2 is 1.95 bits per heavy atom. The Balaban J connectivity index is 1.31. The molecule has 4 aromatic rings. The summed E-state index contributed by atoms with van der Waals surface area (Å²) in [5, 5.41) is 2.78. The summed E-state index contributed by atoms with van der Waals surface area (Å²) in [6.07, 6.45) is 8.98. The normalized spacial score (nSPS) is 16.8. The summed E-state index contributed by atoms with van der Waals surface area (Å²) in [4.78, 5) is 35.7. The second-order valence-corrected chi connectivity index (χ2v) is 9.75. The van der Waals surface area contributed by atoms with E-state index in [0.717, 1.165) is 42.3 Å². The maximum atomic E-state index is 15.5. The molecule has 1 N–H and O–H groups in total. The summed E-state index contributed by atoms with van der Waals surface area (Å²) in [6, 6.07) is 11.9. The Hall–Kier alpha value is -4.51. The van der Waals surface area contributed by atoms with Crippen LogP contribution in [-0.4, -0.2) is 37.6 Å². The van der Waals surface area contributed by atoms with Crippen molar-refractivity contribution in [2.45, 2.75) is 44.6 Å². The van der Waals surface area contributed by atoms with Crippen LogP contribution in [0.4, 0.5) is 10.2 Å². The van der Waals surface area contributed by atoms with Crippen molar-refractivity contribution >= 4 is 23.1 Å². The number of fused-ring (bicyclic) bond motifs is 1. The number of pyridine rings is 1. The molecule has 1 aromatic carbocycles. The molecule has 1 aliphatic heterocycles. The molecular formula is C30H26FN5O2. The summed E-state index contributed by atoms with van der Waals surface area (Å²) < 4.78 is 17.3. The predicted molar refractivity (Wildman–Crippen MR) is 142 cm³/mol. The van der Waals surface area contributed by atoms with E-state index >= 15 is 4.39 Å². The van der Waals surface area contributed by atoms with Gasteiger partial charge in [0.1, 0.15) is 11.6 Å². The lowest BCUT2D eigenvalue weighted by atomic mass is 10.0. The van der Waals surface area contributed by atoms with Gasteiger partial charge in [0.2, 0.25) is 0 Å². The van der Waals surface area contributed by atoms with Crippen LogP contribution >= 0.6 is 0 Å². The van der Waals surface area contributed by atoms with Crippen molar-refractivity contribution in [1.82, 2.24) is 19.3 Å². The fraction of sp³-hybridized carbons (Fsp3) is 0.267. The van der Waals surface area contributed by atoms with Gasteiger partial charge in [-0.1, -0.05) is 5.92 Å². The molecule has 0 spiro atoms. The van der Waals surface area contributed by atoms with Gasteiger partial charge in [-0.2, -0.15) is 0 Å². The number of hydrogen-bond acceptors (Lipinski definition) is 4. The largest absolute Gasteiger partial charge is 0.325 e. The number of anilines is 1. The third-order valence-corrected chi connectivity index (χ3v) is 7.29. The summed E-state index contributed by atoms with van der Waals surface area (Å²) in [6.45, 7) is 2.28. The maximum absolute atomic E-state index is 15.5. The zero-order valence-electron chi connectivity index (χ0n) is 20.9. The van der Waals surface area contributed by atoms with Crippen LogP contribution in [0.2, 0.25) is 0 Å². The van der Waals surface area contributed by atoms with E-state index in [4.69, 9.17) is 0 Å². The Morgan fingerprint density at radius 1 is 1.08 bits per heavy atom. The minimum Gasteiger partial charge on any atom is -0.325 e. The molecule has 0 bridgehead atoms. The van der Waals surface area contributed by atoms with Crippen molar-refractivity contribution in [3.8, 4) is 23.1 Å². The number of nitrogens with zero attached hydrogens (tertiary/aromatic N) is 4. The van der Waals surface area contributed by atoms with E-state index in [1.165, 1.54) is 6.07 Å². The number of hydrogen-bond donors (Lipinski definition) is 1. The minimum atomic E-state index is -0.525. The van der Waals surface area contributed by atoms with Gasteiger partial charge in [0.05, 0.1) is 23.6 Å². The van der Waals surface area contributed by atoms with Crippen LogP contribution in [0.3, 0.4) is 0 Å². The Bertz CT molecular complexity index is 1630. The molecule has 190 valence electrons. The van der Waals surface area contributed by atoms with Crippen molar-refractivity contribution in [3.63, 3.8) is 0 Å². The first-order valence-corrected chi connectivity index (χ1v) is 12.8. The Labute approximate surface area is 219 Å². The van der Waals surface area contributed by atoms with Gasteiger partial charge in [-0.15, -0.1) is 0 Å². The smallest absolute Gasteiger partial charge is 0.298 e. The molecule has 38 heavy (non-hydrogen) atoms. The number of likely N-dealkylation sites (tertiary alicyclic amines) is 1. The lowest BCUT2D eigenvalue weighted by Crippen LogP contribution is -2.29. The minimum absolute atomic E-state index is 0.151. The topological polar surface area (TPSA) is 79.6 Å². The molecule has 0 radical (unpaired) electrons. The second-order valence-electron chi connectivity index (χ2n) is 9.75.